The molecule has 0 bridgehead atoms. The van der Waals surface area contributed by atoms with Gasteiger partial charge in [-0.1, -0.05) is 29.8 Å². The van der Waals surface area contributed by atoms with Gasteiger partial charge >= 0.3 is 0 Å². The maximum Gasteiger partial charge on any atom is 0.0380 e. The largest absolute Gasteiger partial charge is 0.315 e. The van der Waals surface area contributed by atoms with E-state index in [4.69, 9.17) is 0 Å². The Kier molecular flexibility index (Phi) is 3.31. The maximum atomic E-state index is 3.48. The number of nitrogens with one attached hydrogen (secondary N) is 1. The molecule has 0 aliphatic carbocycles. The quantitative estimate of drug-likeness (QED) is 0.832. The van der Waals surface area contributed by atoms with Gasteiger partial charge in [0, 0.05) is 12.1 Å². The summed E-state index contributed by atoms with van der Waals surface area (Å²) in [5, 5.41) is 3.48. The zero-order valence-corrected chi connectivity index (χ0v) is 10.6. The molecule has 0 spiro atoms. The van der Waals surface area contributed by atoms with E-state index in [1.165, 1.54) is 17.5 Å². The summed E-state index contributed by atoms with van der Waals surface area (Å²) in [5.74, 6) is 0. The molecule has 1 unspecified atom stereocenters. The van der Waals surface area contributed by atoms with Crippen LogP contribution in [0.25, 0.3) is 0 Å². The van der Waals surface area contributed by atoms with Crippen LogP contribution in [-0.2, 0) is 6.42 Å². The molecular formula is C14H22N2. The number of benzene rings is 1. The molecule has 1 heterocycles. The molecule has 0 aromatic heterocycles. The van der Waals surface area contributed by atoms with Gasteiger partial charge in [0.05, 0.1) is 0 Å². The van der Waals surface area contributed by atoms with Gasteiger partial charge in [-0.05, 0) is 46.0 Å². The van der Waals surface area contributed by atoms with Gasteiger partial charge in [0.15, 0.2) is 0 Å². The van der Waals surface area contributed by atoms with E-state index in [9.17, 15) is 0 Å². The average molecular weight is 218 g/mol. The molecular weight excluding hydrogens is 196 g/mol. The van der Waals surface area contributed by atoms with Crippen LogP contribution in [0.2, 0.25) is 0 Å². The van der Waals surface area contributed by atoms with Crippen molar-refractivity contribution in [2.24, 2.45) is 0 Å². The number of rotatable bonds is 3. The van der Waals surface area contributed by atoms with E-state index in [0.29, 0.717) is 5.54 Å². The summed E-state index contributed by atoms with van der Waals surface area (Å²) in [6.07, 6.45) is 2.39. The van der Waals surface area contributed by atoms with E-state index in [0.717, 1.165) is 19.5 Å². The maximum absolute atomic E-state index is 3.48. The van der Waals surface area contributed by atoms with Crippen LogP contribution in [0.1, 0.15) is 17.5 Å². The molecule has 1 aromatic rings. The number of hydrogen-bond acceptors (Lipinski definition) is 2. The fourth-order valence-corrected chi connectivity index (χ4v) is 2.51. The van der Waals surface area contributed by atoms with Crippen LogP contribution in [0, 0.1) is 6.92 Å². The Morgan fingerprint density at radius 3 is 2.44 bits per heavy atom. The molecule has 2 heteroatoms. The van der Waals surface area contributed by atoms with Crippen molar-refractivity contribution >= 4 is 0 Å². The minimum Gasteiger partial charge on any atom is -0.315 e. The van der Waals surface area contributed by atoms with Crippen molar-refractivity contribution in [1.29, 1.82) is 0 Å². The Balaban J connectivity index is 2.14. The lowest BCUT2D eigenvalue weighted by atomic mass is 9.88. The van der Waals surface area contributed by atoms with Gasteiger partial charge in [-0.25, -0.2) is 0 Å². The van der Waals surface area contributed by atoms with Gasteiger partial charge < -0.3 is 10.2 Å². The van der Waals surface area contributed by atoms with Crippen molar-refractivity contribution < 1.29 is 0 Å². The summed E-state index contributed by atoms with van der Waals surface area (Å²) in [7, 11) is 4.39. The lowest BCUT2D eigenvalue weighted by Crippen LogP contribution is -2.47. The van der Waals surface area contributed by atoms with Crippen molar-refractivity contribution in [3.63, 3.8) is 0 Å². The zero-order valence-electron chi connectivity index (χ0n) is 10.6. The van der Waals surface area contributed by atoms with E-state index >= 15 is 0 Å². The lowest BCUT2D eigenvalue weighted by Gasteiger charge is -2.36. The van der Waals surface area contributed by atoms with Gasteiger partial charge in [0.2, 0.25) is 0 Å². The van der Waals surface area contributed by atoms with Crippen molar-refractivity contribution in [2.75, 3.05) is 27.2 Å². The molecule has 2 rings (SSSR count). The lowest BCUT2D eigenvalue weighted by molar-refractivity contribution is 0.172. The first-order chi connectivity index (χ1) is 7.62. The third-order valence-corrected chi connectivity index (χ3v) is 3.82. The molecule has 1 atom stereocenters. The van der Waals surface area contributed by atoms with Crippen LogP contribution in [0.5, 0.6) is 0 Å². The Hall–Kier alpha value is -0.860. The van der Waals surface area contributed by atoms with E-state index in [1.54, 1.807) is 0 Å². The molecule has 1 aliphatic rings. The molecule has 1 fully saturated rings. The first kappa shape index (κ1) is 11.6. The molecule has 1 aliphatic heterocycles. The summed E-state index contributed by atoms with van der Waals surface area (Å²) in [5.41, 5.74) is 3.10. The van der Waals surface area contributed by atoms with Crippen LogP contribution in [0.15, 0.2) is 24.3 Å². The molecule has 2 nitrogen and oxygen atoms in total. The first-order valence-electron chi connectivity index (χ1n) is 6.06. The predicted molar refractivity (Wildman–Crippen MR) is 68.8 cm³/mol. The Bertz CT molecular complexity index is 334. The molecule has 0 amide bonds. The third kappa shape index (κ3) is 2.28. The standard InChI is InChI=1S/C14H22N2/c1-12-4-6-13(7-5-12)10-14(16(2)3)8-9-15-11-14/h4-7,15H,8-11H2,1-3H3. The highest BCUT2D eigenvalue weighted by atomic mass is 15.2. The second-order valence-corrected chi connectivity index (χ2v) is 5.21. The predicted octanol–water partition coefficient (Wildman–Crippen LogP) is 1.83. The summed E-state index contributed by atoms with van der Waals surface area (Å²) >= 11 is 0. The minimum atomic E-state index is 0.315. The van der Waals surface area contributed by atoms with Gasteiger partial charge in [-0.3, -0.25) is 0 Å². The van der Waals surface area contributed by atoms with Crippen LogP contribution >= 0.6 is 0 Å². The molecule has 1 N–H and O–H groups in total. The smallest absolute Gasteiger partial charge is 0.0380 e. The number of nitrogens with zero attached hydrogens (tertiary/aromatic N) is 1. The van der Waals surface area contributed by atoms with Gasteiger partial charge in [-0.15, -0.1) is 0 Å². The number of likely N-dealkylation sites (N-methyl/N-ethyl adjacent to an activating group) is 1. The SMILES string of the molecule is Cc1ccc(CC2(N(C)C)CCNC2)cc1. The fraction of sp³-hybridized carbons (Fsp3) is 0.571. The summed E-state index contributed by atoms with van der Waals surface area (Å²) in [6, 6.07) is 8.94. The molecule has 88 valence electrons. The first-order valence-corrected chi connectivity index (χ1v) is 6.06. The third-order valence-electron chi connectivity index (χ3n) is 3.82. The number of hydrogen-bond donors (Lipinski definition) is 1. The highest BCUT2D eigenvalue weighted by Gasteiger charge is 2.35. The van der Waals surface area contributed by atoms with E-state index in [1.807, 2.05) is 0 Å². The van der Waals surface area contributed by atoms with Crippen molar-refractivity contribution in [3.8, 4) is 0 Å². The number of aryl methyl sites for hydroxylation is 1. The minimum absolute atomic E-state index is 0.315. The van der Waals surface area contributed by atoms with Crippen LogP contribution in [-0.4, -0.2) is 37.6 Å². The summed E-state index contributed by atoms with van der Waals surface area (Å²) in [6.45, 7) is 4.39. The molecule has 0 saturated carbocycles. The Labute approximate surface area is 98.7 Å². The zero-order chi connectivity index (χ0) is 11.6. The summed E-state index contributed by atoms with van der Waals surface area (Å²) < 4.78 is 0. The second kappa shape index (κ2) is 4.56. The van der Waals surface area contributed by atoms with Crippen LogP contribution in [0.4, 0.5) is 0 Å². The molecule has 1 aromatic carbocycles. The Morgan fingerprint density at radius 1 is 1.25 bits per heavy atom. The molecule has 1 saturated heterocycles. The Morgan fingerprint density at radius 2 is 1.94 bits per heavy atom. The van der Waals surface area contributed by atoms with Crippen LogP contribution < -0.4 is 5.32 Å². The van der Waals surface area contributed by atoms with Crippen LogP contribution in [0.3, 0.4) is 0 Å². The highest BCUT2D eigenvalue weighted by molar-refractivity contribution is 5.24. The van der Waals surface area contributed by atoms with Gasteiger partial charge in [0.25, 0.3) is 0 Å². The van der Waals surface area contributed by atoms with Gasteiger partial charge in [0.1, 0.15) is 0 Å². The average Bonchev–Trinajstić information content (AvgIpc) is 2.71. The molecule has 0 radical (unpaired) electrons. The normalized spacial score (nSPS) is 25.2. The molecule has 16 heavy (non-hydrogen) atoms. The van der Waals surface area contributed by atoms with E-state index in [-0.39, 0.29) is 0 Å². The highest BCUT2D eigenvalue weighted by Crippen LogP contribution is 2.25. The van der Waals surface area contributed by atoms with E-state index in [2.05, 4.69) is 55.5 Å². The van der Waals surface area contributed by atoms with Crippen molar-refractivity contribution in [1.82, 2.24) is 10.2 Å². The monoisotopic (exact) mass is 218 g/mol. The summed E-state index contributed by atoms with van der Waals surface area (Å²) in [4.78, 5) is 2.38. The van der Waals surface area contributed by atoms with E-state index < -0.39 is 0 Å². The second-order valence-electron chi connectivity index (χ2n) is 5.21. The van der Waals surface area contributed by atoms with Crippen molar-refractivity contribution in [2.45, 2.75) is 25.3 Å². The fourth-order valence-electron chi connectivity index (χ4n) is 2.51. The van der Waals surface area contributed by atoms with Crippen molar-refractivity contribution in [3.05, 3.63) is 35.4 Å². The van der Waals surface area contributed by atoms with Gasteiger partial charge in [-0.2, -0.15) is 0 Å². The topological polar surface area (TPSA) is 15.3 Å².